The van der Waals surface area contributed by atoms with Crippen LogP contribution in [0.25, 0.3) is 0 Å². The van der Waals surface area contributed by atoms with E-state index in [1.165, 1.54) is 5.56 Å². The lowest BCUT2D eigenvalue weighted by Gasteiger charge is -1.99. The van der Waals surface area contributed by atoms with Crippen LogP contribution in [-0.4, -0.2) is 12.0 Å². The zero-order chi connectivity index (χ0) is 7.40. The summed E-state index contributed by atoms with van der Waals surface area (Å²) in [7, 11) is 1.92. The van der Waals surface area contributed by atoms with E-state index in [0.717, 1.165) is 11.1 Å². The second-order valence-electron chi connectivity index (χ2n) is 1.98. The summed E-state index contributed by atoms with van der Waals surface area (Å²) in [6.07, 6.45) is 1.77. The van der Waals surface area contributed by atoms with Crippen molar-refractivity contribution in [1.29, 1.82) is 0 Å². The molecule has 2 nitrogen and oxygen atoms in total. The van der Waals surface area contributed by atoms with Crippen molar-refractivity contribution in [3.8, 4) is 0 Å². The minimum Gasteiger partial charge on any atom is -0.316 e. The summed E-state index contributed by atoms with van der Waals surface area (Å²) in [5.41, 5.74) is 1.19. The van der Waals surface area contributed by atoms with E-state index in [2.05, 4.69) is 26.2 Å². The fraction of sp³-hybridized carbons (Fsp3) is 0.286. The molecule has 1 heterocycles. The van der Waals surface area contributed by atoms with Crippen LogP contribution in [0.3, 0.4) is 0 Å². The highest BCUT2D eigenvalue weighted by Gasteiger charge is 1.95. The number of halogens is 1. The Morgan fingerprint density at radius 3 is 3.10 bits per heavy atom. The van der Waals surface area contributed by atoms with E-state index in [1.54, 1.807) is 6.20 Å². The Balaban J connectivity index is 2.81. The van der Waals surface area contributed by atoms with Crippen molar-refractivity contribution < 1.29 is 0 Å². The lowest BCUT2D eigenvalue weighted by Crippen LogP contribution is -2.05. The Kier molecular flexibility index (Phi) is 2.83. The Bertz CT molecular complexity index is 213. The van der Waals surface area contributed by atoms with Crippen LogP contribution in [0.2, 0.25) is 0 Å². The molecule has 0 aliphatic heterocycles. The minimum atomic E-state index is 0.856. The van der Waals surface area contributed by atoms with Crippen LogP contribution in [0.1, 0.15) is 5.56 Å². The monoisotopic (exact) mass is 200 g/mol. The van der Waals surface area contributed by atoms with E-state index < -0.39 is 0 Å². The number of nitrogens with zero attached hydrogens (tertiary/aromatic N) is 1. The zero-order valence-electron chi connectivity index (χ0n) is 5.76. The highest BCUT2D eigenvalue weighted by Crippen LogP contribution is 2.11. The molecular weight excluding hydrogens is 192 g/mol. The summed E-state index contributed by atoms with van der Waals surface area (Å²) in [5.74, 6) is 0. The number of hydrogen-bond donors (Lipinski definition) is 1. The van der Waals surface area contributed by atoms with E-state index in [4.69, 9.17) is 0 Å². The molecule has 0 aliphatic rings. The van der Waals surface area contributed by atoms with E-state index in [0.29, 0.717) is 0 Å². The maximum absolute atomic E-state index is 4.07. The van der Waals surface area contributed by atoms with Gasteiger partial charge in [0.25, 0.3) is 0 Å². The molecular formula is C7H9BrN2. The van der Waals surface area contributed by atoms with Gasteiger partial charge in [0, 0.05) is 12.7 Å². The summed E-state index contributed by atoms with van der Waals surface area (Å²) in [6, 6.07) is 3.96. The van der Waals surface area contributed by atoms with E-state index in [-0.39, 0.29) is 0 Å². The largest absolute Gasteiger partial charge is 0.316 e. The minimum absolute atomic E-state index is 0.856. The Labute approximate surface area is 68.8 Å². The topological polar surface area (TPSA) is 24.9 Å². The van der Waals surface area contributed by atoms with Crippen molar-refractivity contribution in [2.24, 2.45) is 0 Å². The Hall–Kier alpha value is -0.410. The first kappa shape index (κ1) is 7.69. The van der Waals surface area contributed by atoms with Gasteiger partial charge in [0.2, 0.25) is 0 Å². The number of pyridine rings is 1. The standard InChI is InChI=1S/C7H9BrN2/c1-9-5-6-3-2-4-10-7(6)8/h2-4,9H,5H2,1H3. The molecule has 1 aromatic rings. The van der Waals surface area contributed by atoms with Gasteiger partial charge in [-0.25, -0.2) is 4.98 Å². The van der Waals surface area contributed by atoms with Crippen LogP contribution in [-0.2, 0) is 6.54 Å². The summed E-state index contributed by atoms with van der Waals surface area (Å²) >= 11 is 3.35. The van der Waals surface area contributed by atoms with E-state index in [9.17, 15) is 0 Å². The zero-order valence-corrected chi connectivity index (χ0v) is 7.35. The molecule has 0 aromatic carbocycles. The first-order valence-corrected chi connectivity index (χ1v) is 3.88. The summed E-state index contributed by atoms with van der Waals surface area (Å²) in [4.78, 5) is 4.07. The smallest absolute Gasteiger partial charge is 0.110 e. The van der Waals surface area contributed by atoms with Gasteiger partial charge < -0.3 is 5.32 Å². The molecule has 0 spiro atoms. The SMILES string of the molecule is CNCc1cccnc1Br. The summed E-state index contributed by atoms with van der Waals surface area (Å²) < 4.78 is 0.921. The number of hydrogen-bond acceptors (Lipinski definition) is 2. The van der Waals surface area contributed by atoms with Crippen molar-refractivity contribution in [1.82, 2.24) is 10.3 Å². The number of nitrogens with one attached hydrogen (secondary N) is 1. The molecule has 1 N–H and O–H groups in total. The fourth-order valence-electron chi connectivity index (χ4n) is 0.742. The molecule has 54 valence electrons. The van der Waals surface area contributed by atoms with E-state index >= 15 is 0 Å². The summed E-state index contributed by atoms with van der Waals surface area (Å²) in [5, 5.41) is 3.05. The van der Waals surface area contributed by atoms with Crippen molar-refractivity contribution >= 4 is 15.9 Å². The average Bonchev–Trinajstić information content (AvgIpc) is 1.94. The highest BCUT2D eigenvalue weighted by molar-refractivity contribution is 9.10. The predicted molar refractivity (Wildman–Crippen MR) is 44.7 cm³/mol. The number of aromatic nitrogens is 1. The van der Waals surface area contributed by atoms with Gasteiger partial charge in [0.1, 0.15) is 4.60 Å². The van der Waals surface area contributed by atoms with Crippen LogP contribution < -0.4 is 5.32 Å². The lowest BCUT2D eigenvalue weighted by molar-refractivity contribution is 0.808. The first-order valence-electron chi connectivity index (χ1n) is 3.08. The first-order chi connectivity index (χ1) is 4.84. The Morgan fingerprint density at radius 2 is 2.50 bits per heavy atom. The molecule has 1 rings (SSSR count). The van der Waals surface area contributed by atoms with Crippen molar-refractivity contribution in [2.45, 2.75) is 6.54 Å². The van der Waals surface area contributed by atoms with Gasteiger partial charge in [0.05, 0.1) is 0 Å². The molecule has 0 fully saturated rings. The van der Waals surface area contributed by atoms with Crippen LogP contribution in [0.15, 0.2) is 22.9 Å². The third-order valence-corrected chi connectivity index (χ3v) is 1.92. The summed E-state index contributed by atoms with van der Waals surface area (Å²) in [6.45, 7) is 0.856. The molecule has 0 aliphatic carbocycles. The number of rotatable bonds is 2. The molecule has 0 unspecified atom stereocenters. The lowest BCUT2D eigenvalue weighted by atomic mass is 10.3. The van der Waals surface area contributed by atoms with Crippen LogP contribution in [0, 0.1) is 0 Å². The van der Waals surface area contributed by atoms with E-state index in [1.807, 2.05) is 19.2 Å². The molecule has 10 heavy (non-hydrogen) atoms. The second-order valence-corrected chi connectivity index (χ2v) is 2.73. The van der Waals surface area contributed by atoms with Gasteiger partial charge in [-0.05, 0) is 34.6 Å². The molecule has 0 saturated carbocycles. The third kappa shape index (κ3) is 1.78. The van der Waals surface area contributed by atoms with Crippen molar-refractivity contribution in [3.05, 3.63) is 28.5 Å². The molecule has 0 radical (unpaired) electrons. The quantitative estimate of drug-likeness (QED) is 0.734. The molecule has 0 amide bonds. The van der Waals surface area contributed by atoms with Crippen LogP contribution in [0.4, 0.5) is 0 Å². The van der Waals surface area contributed by atoms with Gasteiger partial charge in [-0.3, -0.25) is 0 Å². The molecule has 0 atom stereocenters. The molecule has 0 bridgehead atoms. The van der Waals surface area contributed by atoms with Gasteiger partial charge in [-0.15, -0.1) is 0 Å². The Morgan fingerprint density at radius 1 is 1.70 bits per heavy atom. The fourth-order valence-corrected chi connectivity index (χ4v) is 1.13. The van der Waals surface area contributed by atoms with Crippen LogP contribution >= 0.6 is 15.9 Å². The van der Waals surface area contributed by atoms with Gasteiger partial charge in [-0.2, -0.15) is 0 Å². The van der Waals surface area contributed by atoms with Gasteiger partial charge >= 0.3 is 0 Å². The molecule has 0 saturated heterocycles. The second kappa shape index (κ2) is 3.68. The molecule has 1 aromatic heterocycles. The average molecular weight is 201 g/mol. The predicted octanol–water partition coefficient (Wildman–Crippen LogP) is 1.56. The third-order valence-electron chi connectivity index (χ3n) is 1.20. The maximum Gasteiger partial charge on any atom is 0.110 e. The van der Waals surface area contributed by atoms with Crippen LogP contribution in [0.5, 0.6) is 0 Å². The molecule has 3 heteroatoms. The maximum atomic E-state index is 4.07. The van der Waals surface area contributed by atoms with Gasteiger partial charge in [0.15, 0.2) is 0 Å². The van der Waals surface area contributed by atoms with Crippen molar-refractivity contribution in [3.63, 3.8) is 0 Å². The van der Waals surface area contributed by atoms with Crippen molar-refractivity contribution in [2.75, 3.05) is 7.05 Å². The highest BCUT2D eigenvalue weighted by atomic mass is 79.9. The van der Waals surface area contributed by atoms with Gasteiger partial charge in [-0.1, -0.05) is 6.07 Å². The normalized spacial score (nSPS) is 9.80.